The van der Waals surface area contributed by atoms with Crippen LogP contribution in [-0.4, -0.2) is 20.3 Å². The van der Waals surface area contributed by atoms with Crippen LogP contribution in [0.4, 0.5) is 0 Å². The Morgan fingerprint density at radius 1 is 0.750 bits per heavy atom. The van der Waals surface area contributed by atoms with Crippen molar-refractivity contribution in [2.75, 3.05) is 0 Å². The molecule has 0 aliphatic carbocycles. The molecule has 3 aromatic carbocycles. The number of para-hydroxylation sites is 2. The minimum absolute atomic E-state index is 0.0537. The van der Waals surface area contributed by atoms with Crippen molar-refractivity contribution in [3.63, 3.8) is 0 Å². The van der Waals surface area contributed by atoms with Crippen LogP contribution in [0, 0.1) is 0 Å². The second-order valence-corrected chi connectivity index (χ2v) is 6.76. The van der Waals surface area contributed by atoms with E-state index in [-0.39, 0.29) is 5.78 Å². The lowest BCUT2D eigenvalue weighted by atomic mass is 10.1. The summed E-state index contributed by atoms with van der Waals surface area (Å²) in [6.07, 6.45) is 0. The number of benzene rings is 3. The second kappa shape index (κ2) is 6.43. The van der Waals surface area contributed by atoms with Crippen LogP contribution in [0.5, 0.6) is 0 Å². The van der Waals surface area contributed by atoms with Crippen molar-refractivity contribution in [1.29, 1.82) is 0 Å². The molecular formula is C24H17N3O. The van der Waals surface area contributed by atoms with Gasteiger partial charge in [-0.25, -0.2) is 9.97 Å². The molecule has 0 saturated heterocycles. The molecule has 28 heavy (non-hydrogen) atoms. The van der Waals surface area contributed by atoms with Crippen LogP contribution in [0.1, 0.15) is 17.3 Å². The van der Waals surface area contributed by atoms with E-state index < -0.39 is 0 Å². The first-order valence-electron chi connectivity index (χ1n) is 9.16. The molecule has 4 nitrogen and oxygen atoms in total. The smallest absolute Gasteiger partial charge is 0.164 e. The van der Waals surface area contributed by atoms with E-state index in [1.54, 1.807) is 6.92 Å². The van der Waals surface area contributed by atoms with Crippen LogP contribution in [0.2, 0.25) is 0 Å². The molecule has 0 spiro atoms. The molecule has 0 N–H and O–H groups in total. The van der Waals surface area contributed by atoms with Gasteiger partial charge in [0.15, 0.2) is 11.4 Å². The van der Waals surface area contributed by atoms with Gasteiger partial charge in [-0.2, -0.15) is 0 Å². The zero-order valence-electron chi connectivity index (χ0n) is 15.3. The molecule has 134 valence electrons. The van der Waals surface area contributed by atoms with Crippen molar-refractivity contribution in [2.45, 2.75) is 6.92 Å². The van der Waals surface area contributed by atoms with Crippen molar-refractivity contribution in [2.24, 2.45) is 0 Å². The van der Waals surface area contributed by atoms with Crippen molar-refractivity contribution >= 4 is 28.0 Å². The van der Waals surface area contributed by atoms with E-state index in [4.69, 9.17) is 9.97 Å². The normalized spacial score (nSPS) is 11.2. The standard InChI is InChI=1S/C24H17N3O/c1-16(28)17-11-13-19(14-12-17)27-23(18-7-3-2-4-8-18)15-22-24(27)26-21-10-6-5-9-20(21)25-22/h2-15H,1H3. The Bertz CT molecular complexity index is 1320. The van der Waals surface area contributed by atoms with Gasteiger partial charge in [-0.1, -0.05) is 42.5 Å². The Labute approximate surface area is 162 Å². The fourth-order valence-electron chi connectivity index (χ4n) is 3.50. The first kappa shape index (κ1) is 16.4. The molecule has 0 atom stereocenters. The van der Waals surface area contributed by atoms with Gasteiger partial charge in [-0.15, -0.1) is 0 Å². The third-order valence-corrected chi connectivity index (χ3v) is 4.91. The van der Waals surface area contributed by atoms with E-state index in [2.05, 4.69) is 22.8 Å². The number of carbonyl (C=O) groups excluding carboxylic acids is 1. The maximum atomic E-state index is 11.7. The highest BCUT2D eigenvalue weighted by molar-refractivity contribution is 5.94. The average molecular weight is 363 g/mol. The van der Waals surface area contributed by atoms with Crippen LogP contribution in [-0.2, 0) is 0 Å². The maximum absolute atomic E-state index is 11.7. The summed E-state index contributed by atoms with van der Waals surface area (Å²) in [4.78, 5) is 21.4. The van der Waals surface area contributed by atoms with E-state index in [0.717, 1.165) is 39.1 Å². The number of hydrogen-bond acceptors (Lipinski definition) is 3. The quantitative estimate of drug-likeness (QED) is 0.401. The summed E-state index contributed by atoms with van der Waals surface area (Å²) in [5.41, 5.74) is 7.11. The lowest BCUT2D eigenvalue weighted by molar-refractivity contribution is 0.101. The van der Waals surface area contributed by atoms with E-state index in [1.165, 1.54) is 0 Å². The number of Topliss-reactive ketones (excluding diaryl/α,β-unsaturated/α-hetero) is 1. The predicted molar refractivity (Wildman–Crippen MR) is 112 cm³/mol. The summed E-state index contributed by atoms with van der Waals surface area (Å²) >= 11 is 0. The summed E-state index contributed by atoms with van der Waals surface area (Å²) < 4.78 is 2.11. The number of rotatable bonds is 3. The molecule has 0 radical (unpaired) electrons. The van der Waals surface area contributed by atoms with Gasteiger partial charge in [0.05, 0.1) is 16.7 Å². The van der Waals surface area contributed by atoms with Crippen LogP contribution in [0.3, 0.4) is 0 Å². The summed E-state index contributed by atoms with van der Waals surface area (Å²) in [5.74, 6) is 0.0537. The van der Waals surface area contributed by atoms with Crippen LogP contribution >= 0.6 is 0 Å². The Morgan fingerprint density at radius 2 is 1.39 bits per heavy atom. The molecule has 0 amide bonds. The Morgan fingerprint density at radius 3 is 2.07 bits per heavy atom. The molecule has 2 aromatic heterocycles. The van der Waals surface area contributed by atoms with Crippen LogP contribution < -0.4 is 0 Å². The number of aromatic nitrogens is 3. The van der Waals surface area contributed by atoms with Crippen molar-refractivity contribution in [1.82, 2.24) is 14.5 Å². The topological polar surface area (TPSA) is 47.8 Å². The highest BCUT2D eigenvalue weighted by atomic mass is 16.1. The third-order valence-electron chi connectivity index (χ3n) is 4.91. The highest BCUT2D eigenvalue weighted by Gasteiger charge is 2.15. The van der Waals surface area contributed by atoms with Gasteiger partial charge in [0, 0.05) is 11.3 Å². The van der Waals surface area contributed by atoms with Crippen molar-refractivity contribution < 1.29 is 4.79 Å². The molecule has 5 rings (SSSR count). The molecule has 0 aliphatic heterocycles. The minimum atomic E-state index is 0.0537. The van der Waals surface area contributed by atoms with Crippen LogP contribution in [0.25, 0.3) is 39.1 Å². The Hall–Kier alpha value is -3.79. The largest absolute Gasteiger partial charge is 0.295 e. The lowest BCUT2D eigenvalue weighted by Gasteiger charge is -2.11. The SMILES string of the molecule is CC(=O)c1ccc(-n2c(-c3ccccc3)cc3nc4ccccc4nc32)cc1. The van der Waals surface area contributed by atoms with Gasteiger partial charge >= 0.3 is 0 Å². The highest BCUT2D eigenvalue weighted by Crippen LogP contribution is 2.31. The zero-order valence-corrected chi connectivity index (χ0v) is 15.3. The van der Waals surface area contributed by atoms with Gasteiger partial charge in [-0.3, -0.25) is 9.36 Å². The Balaban J connectivity index is 1.83. The summed E-state index contributed by atoms with van der Waals surface area (Å²) in [5, 5.41) is 0. The summed E-state index contributed by atoms with van der Waals surface area (Å²) in [6, 6.07) is 27.8. The number of nitrogens with zero attached hydrogens (tertiary/aromatic N) is 3. The van der Waals surface area contributed by atoms with Gasteiger partial charge < -0.3 is 0 Å². The third kappa shape index (κ3) is 2.67. The molecule has 5 aromatic rings. The predicted octanol–water partition coefficient (Wildman–Crippen LogP) is 5.44. The van der Waals surface area contributed by atoms with E-state index in [0.29, 0.717) is 5.56 Å². The first-order chi connectivity index (χ1) is 13.7. The second-order valence-electron chi connectivity index (χ2n) is 6.76. The zero-order chi connectivity index (χ0) is 19.1. The van der Waals surface area contributed by atoms with E-state index >= 15 is 0 Å². The molecule has 0 unspecified atom stereocenters. The van der Waals surface area contributed by atoms with Gasteiger partial charge in [0.2, 0.25) is 0 Å². The molecule has 4 heteroatoms. The van der Waals surface area contributed by atoms with Crippen molar-refractivity contribution in [3.8, 4) is 16.9 Å². The monoisotopic (exact) mass is 363 g/mol. The van der Waals surface area contributed by atoms with Gasteiger partial charge in [-0.05, 0) is 55.0 Å². The molecule has 2 heterocycles. The number of fused-ring (bicyclic) bond motifs is 2. The van der Waals surface area contributed by atoms with E-state index in [1.807, 2.05) is 66.7 Å². The number of carbonyl (C=O) groups is 1. The summed E-state index contributed by atoms with van der Waals surface area (Å²) in [6.45, 7) is 1.58. The average Bonchev–Trinajstić information content (AvgIpc) is 3.11. The van der Waals surface area contributed by atoms with Crippen LogP contribution in [0.15, 0.2) is 84.9 Å². The molecule has 0 bridgehead atoms. The summed E-state index contributed by atoms with van der Waals surface area (Å²) in [7, 11) is 0. The lowest BCUT2D eigenvalue weighted by Crippen LogP contribution is -2.00. The molecular weight excluding hydrogens is 346 g/mol. The number of hydrogen-bond donors (Lipinski definition) is 0. The number of ketones is 1. The first-order valence-corrected chi connectivity index (χ1v) is 9.16. The fraction of sp³-hybridized carbons (Fsp3) is 0.0417. The van der Waals surface area contributed by atoms with Crippen molar-refractivity contribution in [3.05, 3.63) is 90.5 Å². The molecule has 0 fully saturated rings. The minimum Gasteiger partial charge on any atom is -0.295 e. The van der Waals surface area contributed by atoms with E-state index in [9.17, 15) is 4.79 Å². The molecule has 0 saturated carbocycles. The Kier molecular flexibility index (Phi) is 3.76. The maximum Gasteiger partial charge on any atom is 0.164 e. The van der Waals surface area contributed by atoms with Gasteiger partial charge in [0.25, 0.3) is 0 Å². The fourth-order valence-corrected chi connectivity index (χ4v) is 3.50. The van der Waals surface area contributed by atoms with Gasteiger partial charge in [0.1, 0.15) is 5.52 Å². The molecule has 0 aliphatic rings.